The Morgan fingerprint density at radius 2 is 0.741 bits per heavy atom. The van der Waals surface area contributed by atoms with E-state index in [0.717, 1.165) is 77.9 Å². The zero-order valence-electron chi connectivity index (χ0n) is 60.7. The molecule has 8 rings (SSSR count). The molecule has 8 aliphatic carbocycles. The van der Waals surface area contributed by atoms with Gasteiger partial charge in [0.15, 0.2) is 0 Å². The number of halogens is 9. The van der Waals surface area contributed by atoms with Gasteiger partial charge in [0.2, 0.25) is 0 Å². The molecule has 0 radical (unpaired) electrons. The molecule has 0 aromatic rings. The first kappa shape index (κ1) is 86.4. The molecule has 8 saturated carbocycles. The third kappa shape index (κ3) is 40.8. The second kappa shape index (κ2) is 41.8. The Morgan fingerprint density at radius 3 is 1.08 bits per heavy atom. The third-order valence-corrected chi connectivity index (χ3v) is 21.0. The predicted molar refractivity (Wildman–Crippen MR) is 355 cm³/mol. The van der Waals surface area contributed by atoms with E-state index in [2.05, 4.69) is 104 Å². The van der Waals surface area contributed by atoms with Crippen molar-refractivity contribution in [2.45, 2.75) is 390 Å². The van der Waals surface area contributed by atoms with E-state index in [1.54, 1.807) is 79.1 Å². The molecular formula is C76H147F9. The van der Waals surface area contributed by atoms with Gasteiger partial charge in [-0.3, -0.25) is 0 Å². The topological polar surface area (TPSA) is 0 Å². The van der Waals surface area contributed by atoms with Crippen LogP contribution < -0.4 is 0 Å². The molecule has 8 atom stereocenters. The van der Waals surface area contributed by atoms with Crippen molar-refractivity contribution in [3.05, 3.63) is 0 Å². The van der Waals surface area contributed by atoms with Crippen LogP contribution in [0.2, 0.25) is 0 Å². The van der Waals surface area contributed by atoms with Crippen molar-refractivity contribution >= 4 is 0 Å². The summed E-state index contributed by atoms with van der Waals surface area (Å²) in [7, 11) is 0. The van der Waals surface area contributed by atoms with Gasteiger partial charge in [0.05, 0.1) is 0 Å². The van der Waals surface area contributed by atoms with Crippen molar-refractivity contribution in [3.63, 3.8) is 0 Å². The predicted octanol–water partition coefficient (Wildman–Crippen LogP) is 29.3. The van der Waals surface area contributed by atoms with Gasteiger partial charge >= 0.3 is 18.5 Å². The molecule has 0 heterocycles. The van der Waals surface area contributed by atoms with Crippen LogP contribution in [0.25, 0.3) is 0 Å². The molecule has 4 unspecified atom stereocenters. The van der Waals surface area contributed by atoms with Gasteiger partial charge in [-0.2, -0.15) is 39.5 Å². The largest absolute Gasteiger partial charge is 0.391 e. The summed E-state index contributed by atoms with van der Waals surface area (Å²) in [5.41, 5.74) is 3.47. The number of rotatable bonds is 4. The van der Waals surface area contributed by atoms with Gasteiger partial charge < -0.3 is 0 Å². The van der Waals surface area contributed by atoms with Crippen LogP contribution in [0.4, 0.5) is 39.5 Å². The zero-order valence-corrected chi connectivity index (χ0v) is 60.7. The lowest BCUT2D eigenvalue weighted by Crippen LogP contribution is -2.44. The fraction of sp³-hybridized carbons (Fsp3) is 1.00. The second-order valence-electron chi connectivity index (χ2n) is 33.1. The van der Waals surface area contributed by atoms with Gasteiger partial charge in [0.25, 0.3) is 0 Å². The Kier molecular flexibility index (Phi) is 42.5. The molecule has 0 aromatic heterocycles. The van der Waals surface area contributed by atoms with Crippen LogP contribution in [0.15, 0.2) is 0 Å². The van der Waals surface area contributed by atoms with Gasteiger partial charge in [-0.25, -0.2) is 0 Å². The third-order valence-electron chi connectivity index (χ3n) is 21.0. The Balaban J connectivity index is 0. The van der Waals surface area contributed by atoms with E-state index in [9.17, 15) is 39.5 Å². The highest BCUT2D eigenvalue weighted by Gasteiger charge is 2.47. The Hall–Kier alpha value is -0.630. The molecule has 514 valence electrons. The summed E-state index contributed by atoms with van der Waals surface area (Å²) in [6, 6.07) is 0. The first-order chi connectivity index (χ1) is 39.0. The molecule has 0 N–H and O–H groups in total. The van der Waals surface area contributed by atoms with Crippen LogP contribution in [0.1, 0.15) is 371 Å². The Morgan fingerprint density at radius 1 is 0.400 bits per heavy atom. The normalized spacial score (nSPS) is 27.9. The summed E-state index contributed by atoms with van der Waals surface area (Å²) < 4.78 is 102. The van der Waals surface area contributed by atoms with E-state index in [1.807, 2.05) is 13.8 Å². The summed E-state index contributed by atoms with van der Waals surface area (Å²) in [6.07, 6.45) is 31.7. The van der Waals surface area contributed by atoms with E-state index in [1.165, 1.54) is 135 Å². The minimum absolute atomic E-state index is 0.231. The summed E-state index contributed by atoms with van der Waals surface area (Å²) in [5, 5.41) is 0. The van der Waals surface area contributed by atoms with Gasteiger partial charge in [-0.05, 0) is 195 Å². The molecule has 0 amide bonds. The molecule has 0 aliphatic heterocycles. The molecule has 0 bridgehead atoms. The number of hydrogen-bond donors (Lipinski definition) is 0. The monoisotopic (exact) mass is 1230 g/mol. The summed E-state index contributed by atoms with van der Waals surface area (Å²) in [6.45, 7) is 48.3. The molecule has 0 saturated heterocycles. The van der Waals surface area contributed by atoms with Crippen LogP contribution in [0.3, 0.4) is 0 Å². The molecule has 8 fully saturated rings. The van der Waals surface area contributed by atoms with E-state index in [-0.39, 0.29) is 11.8 Å². The van der Waals surface area contributed by atoms with E-state index in [4.69, 9.17) is 0 Å². The van der Waals surface area contributed by atoms with E-state index in [0.29, 0.717) is 29.1 Å². The van der Waals surface area contributed by atoms with Gasteiger partial charge in [0.1, 0.15) is 0 Å². The first-order valence-electron chi connectivity index (χ1n) is 36.2. The lowest BCUT2D eigenvalue weighted by Gasteiger charge is -2.54. The second-order valence-corrected chi connectivity index (χ2v) is 33.1. The highest BCUT2D eigenvalue weighted by atomic mass is 19.4. The highest BCUT2D eigenvalue weighted by Crippen LogP contribution is 2.58. The van der Waals surface area contributed by atoms with Gasteiger partial charge in [-0.15, -0.1) is 0 Å². The summed E-state index contributed by atoms with van der Waals surface area (Å²) in [4.78, 5) is 0. The fourth-order valence-corrected chi connectivity index (χ4v) is 15.4. The number of alkyl halides is 9. The highest BCUT2D eigenvalue weighted by molar-refractivity contribution is 4.98. The number of hydrogen-bond acceptors (Lipinski definition) is 0. The standard InChI is InChI=1S/C15H28.C14H26.2C11H20.2C6H11F3.C4H7F3.C4H10.C3H8.C2H6/c1-11-6-7-13-12(8-11)9-14(2,3)10-15(13,4)5;1-12-4-6-14(7-5-12)10-8-13(2,3)9-11-14;1-10-4-8-11(9-5-10)6-2-3-7-11;1-9-6-7-10-4-2-3-5-11(10)8-9;2*1-3-5(2)4-6(7,8)9;1-3(2)4(5,6)7;1-4(2)3;1-3-2;1-2/h11-13H,6-10H2,1-5H3;12H,4-11H2,1-3H3;10H,2-9H2,1H3;9-11H,2-8H2,1H3;2*5H,3-4H2,1-2H3;3H,1-2H3;4H,1-3H3;3H2,1-2H3;1-2H3/t11-,12?,13?;;;9-,10?,11?;2*5-;;;;/m1..100..../s1. The molecule has 0 nitrogen and oxygen atoms in total. The first-order valence-corrected chi connectivity index (χ1v) is 36.2. The molecule has 85 heavy (non-hydrogen) atoms. The van der Waals surface area contributed by atoms with Crippen molar-refractivity contribution in [1.29, 1.82) is 0 Å². The van der Waals surface area contributed by atoms with E-state index < -0.39 is 37.3 Å². The minimum Gasteiger partial charge on any atom is -0.171 e. The molecular weight excluding hydrogens is 1080 g/mol. The van der Waals surface area contributed by atoms with Crippen LogP contribution in [0, 0.1) is 98.1 Å². The Bertz CT molecular complexity index is 1540. The average molecular weight is 1230 g/mol. The van der Waals surface area contributed by atoms with Crippen LogP contribution in [0.5, 0.6) is 0 Å². The molecule has 0 aromatic carbocycles. The van der Waals surface area contributed by atoms with Crippen LogP contribution in [-0.4, -0.2) is 18.5 Å². The smallest absolute Gasteiger partial charge is 0.171 e. The summed E-state index contributed by atoms with van der Waals surface area (Å²) >= 11 is 0. The van der Waals surface area contributed by atoms with Gasteiger partial charge in [0, 0.05) is 18.8 Å². The fourth-order valence-electron chi connectivity index (χ4n) is 15.4. The average Bonchev–Trinajstić information content (AvgIpc) is 4.05. The molecule has 2 spiro atoms. The van der Waals surface area contributed by atoms with Crippen LogP contribution in [-0.2, 0) is 0 Å². The van der Waals surface area contributed by atoms with E-state index >= 15 is 0 Å². The van der Waals surface area contributed by atoms with Gasteiger partial charge in [-0.1, -0.05) is 256 Å². The van der Waals surface area contributed by atoms with Crippen molar-refractivity contribution < 1.29 is 39.5 Å². The minimum atomic E-state index is -4.00. The maximum absolute atomic E-state index is 11.5. The lowest BCUT2D eigenvalue weighted by atomic mass is 9.51. The molecule has 8 aliphatic rings. The van der Waals surface area contributed by atoms with Crippen molar-refractivity contribution in [2.75, 3.05) is 0 Å². The zero-order chi connectivity index (χ0) is 66.3. The number of fused-ring (bicyclic) bond motifs is 2. The molecule has 9 heteroatoms. The van der Waals surface area contributed by atoms with Crippen molar-refractivity contribution in [2.24, 2.45) is 98.1 Å². The SMILES string of the molecule is CC.CC(C)C.CC(C)C(F)(F)F.CC1CCC2(CC1)CCC(C)(C)CC2.CC1CCC2(CCCC2)CC1.CCC.CC[C@H](C)CC(F)(F)F.CC[C@H](C)CC(F)(F)F.C[C@@H]1CCC2C(C1)CC(C)(C)CC2(C)C.C[C@@H]1CCC2CCCCC2C1. The summed E-state index contributed by atoms with van der Waals surface area (Å²) in [5.74, 6) is 7.53. The maximum atomic E-state index is 11.5. The Labute approximate surface area is 525 Å². The lowest BCUT2D eigenvalue weighted by molar-refractivity contribution is -0.164. The van der Waals surface area contributed by atoms with Crippen LogP contribution >= 0.6 is 0 Å². The van der Waals surface area contributed by atoms with Crippen molar-refractivity contribution in [1.82, 2.24) is 0 Å². The quantitative estimate of drug-likeness (QED) is 0.246. The maximum Gasteiger partial charge on any atom is 0.391 e. The van der Waals surface area contributed by atoms with Crippen molar-refractivity contribution in [3.8, 4) is 0 Å².